The Hall–Kier alpha value is -1.46. The van der Waals surface area contributed by atoms with Crippen LogP contribution in [0.15, 0.2) is 24.3 Å². The SMILES string of the molecule is CCN(C(=O)CN1CCCC(N)C1)c1ccc(F)cc1. The van der Waals surface area contributed by atoms with E-state index in [0.29, 0.717) is 13.1 Å². The van der Waals surface area contributed by atoms with Gasteiger partial charge in [0.15, 0.2) is 0 Å². The van der Waals surface area contributed by atoms with Gasteiger partial charge in [-0.15, -0.1) is 0 Å². The van der Waals surface area contributed by atoms with E-state index in [2.05, 4.69) is 4.90 Å². The summed E-state index contributed by atoms with van der Waals surface area (Å²) >= 11 is 0. The van der Waals surface area contributed by atoms with E-state index in [0.717, 1.165) is 31.6 Å². The third-order valence-corrected chi connectivity index (χ3v) is 3.66. The number of nitrogens with zero attached hydrogens (tertiary/aromatic N) is 2. The summed E-state index contributed by atoms with van der Waals surface area (Å²) in [7, 11) is 0. The summed E-state index contributed by atoms with van der Waals surface area (Å²) in [4.78, 5) is 16.2. The lowest BCUT2D eigenvalue weighted by Crippen LogP contribution is -2.48. The van der Waals surface area contributed by atoms with Crippen LogP contribution < -0.4 is 10.6 Å². The number of anilines is 1. The van der Waals surface area contributed by atoms with E-state index in [1.54, 1.807) is 17.0 Å². The molecule has 1 unspecified atom stereocenters. The summed E-state index contributed by atoms with van der Waals surface area (Å²) < 4.78 is 12.9. The highest BCUT2D eigenvalue weighted by Gasteiger charge is 2.22. The molecule has 0 radical (unpaired) electrons. The molecule has 20 heavy (non-hydrogen) atoms. The number of amides is 1. The van der Waals surface area contributed by atoms with Crippen LogP contribution in [-0.4, -0.2) is 43.0 Å². The predicted molar refractivity (Wildman–Crippen MR) is 78.1 cm³/mol. The maximum absolute atomic E-state index is 12.9. The first-order valence-electron chi connectivity index (χ1n) is 7.14. The number of benzene rings is 1. The Kier molecular flexibility index (Phi) is 5.09. The molecule has 0 spiro atoms. The van der Waals surface area contributed by atoms with E-state index in [-0.39, 0.29) is 17.8 Å². The molecule has 2 N–H and O–H groups in total. The van der Waals surface area contributed by atoms with Crippen molar-refractivity contribution in [2.24, 2.45) is 5.73 Å². The van der Waals surface area contributed by atoms with Gasteiger partial charge < -0.3 is 10.6 Å². The molecule has 1 saturated heterocycles. The Morgan fingerprint density at radius 1 is 1.45 bits per heavy atom. The molecule has 110 valence electrons. The Morgan fingerprint density at radius 2 is 2.15 bits per heavy atom. The zero-order valence-electron chi connectivity index (χ0n) is 11.9. The van der Waals surface area contributed by atoms with Gasteiger partial charge in [0.2, 0.25) is 5.91 Å². The van der Waals surface area contributed by atoms with Crippen molar-refractivity contribution in [3.63, 3.8) is 0 Å². The van der Waals surface area contributed by atoms with Crippen LogP contribution in [0.1, 0.15) is 19.8 Å². The number of likely N-dealkylation sites (N-methyl/N-ethyl adjacent to an activating group) is 1. The Balaban J connectivity index is 2.00. The molecule has 0 bridgehead atoms. The molecule has 5 heteroatoms. The van der Waals surface area contributed by atoms with E-state index in [1.165, 1.54) is 12.1 Å². The Bertz CT molecular complexity index is 449. The summed E-state index contributed by atoms with van der Waals surface area (Å²) in [6.07, 6.45) is 2.07. The molecule has 2 rings (SSSR count). The summed E-state index contributed by atoms with van der Waals surface area (Å²) in [5.74, 6) is -0.257. The standard InChI is InChI=1S/C15H22FN3O/c1-2-19(14-7-5-12(16)6-8-14)15(20)11-18-9-3-4-13(17)10-18/h5-8,13H,2-4,9-11,17H2,1H3. The number of nitrogens with two attached hydrogens (primary N) is 1. The molecule has 0 aliphatic carbocycles. The average Bonchev–Trinajstić information content (AvgIpc) is 2.42. The van der Waals surface area contributed by atoms with Crippen molar-refractivity contribution in [3.8, 4) is 0 Å². The lowest BCUT2D eigenvalue weighted by atomic mass is 10.1. The molecule has 4 nitrogen and oxygen atoms in total. The van der Waals surface area contributed by atoms with Crippen LogP contribution in [-0.2, 0) is 4.79 Å². The van der Waals surface area contributed by atoms with E-state index in [9.17, 15) is 9.18 Å². The van der Waals surface area contributed by atoms with Gasteiger partial charge in [-0.3, -0.25) is 9.69 Å². The van der Waals surface area contributed by atoms with E-state index >= 15 is 0 Å². The minimum absolute atomic E-state index is 0.0354. The summed E-state index contributed by atoms with van der Waals surface area (Å²) in [5, 5.41) is 0. The molecule has 1 aliphatic heterocycles. The van der Waals surface area contributed by atoms with Crippen molar-refractivity contribution in [2.45, 2.75) is 25.8 Å². The maximum Gasteiger partial charge on any atom is 0.241 e. The molecular weight excluding hydrogens is 257 g/mol. The van der Waals surface area contributed by atoms with Gasteiger partial charge in [0.1, 0.15) is 5.82 Å². The van der Waals surface area contributed by atoms with Crippen molar-refractivity contribution >= 4 is 11.6 Å². The molecular formula is C15H22FN3O. The number of piperidine rings is 1. The van der Waals surface area contributed by atoms with Crippen LogP contribution in [0.2, 0.25) is 0 Å². The highest BCUT2D eigenvalue weighted by atomic mass is 19.1. The second kappa shape index (κ2) is 6.81. The molecule has 0 saturated carbocycles. The van der Waals surface area contributed by atoms with Crippen molar-refractivity contribution in [1.82, 2.24) is 4.90 Å². The lowest BCUT2D eigenvalue weighted by molar-refractivity contribution is -0.120. The molecule has 1 aromatic rings. The minimum atomic E-state index is -0.292. The molecule has 1 atom stereocenters. The zero-order chi connectivity index (χ0) is 14.5. The molecule has 1 heterocycles. The number of likely N-dealkylation sites (tertiary alicyclic amines) is 1. The van der Waals surface area contributed by atoms with Crippen LogP contribution >= 0.6 is 0 Å². The van der Waals surface area contributed by atoms with Crippen LogP contribution in [0.4, 0.5) is 10.1 Å². The first-order valence-corrected chi connectivity index (χ1v) is 7.14. The molecule has 1 fully saturated rings. The molecule has 0 aromatic heterocycles. The van der Waals surface area contributed by atoms with E-state index in [1.807, 2.05) is 6.92 Å². The molecule has 1 amide bonds. The summed E-state index contributed by atoms with van der Waals surface area (Å²) in [5.41, 5.74) is 6.67. The van der Waals surface area contributed by atoms with Gasteiger partial charge in [-0.05, 0) is 50.6 Å². The Morgan fingerprint density at radius 3 is 2.75 bits per heavy atom. The number of hydrogen-bond donors (Lipinski definition) is 1. The van der Waals surface area contributed by atoms with E-state index in [4.69, 9.17) is 5.73 Å². The zero-order valence-corrected chi connectivity index (χ0v) is 11.9. The molecule has 1 aliphatic rings. The van der Waals surface area contributed by atoms with Crippen LogP contribution in [0.5, 0.6) is 0 Å². The number of carbonyl (C=O) groups is 1. The first-order chi connectivity index (χ1) is 9.60. The van der Waals surface area contributed by atoms with Gasteiger partial charge in [-0.1, -0.05) is 0 Å². The van der Waals surface area contributed by atoms with Crippen LogP contribution in [0.25, 0.3) is 0 Å². The monoisotopic (exact) mass is 279 g/mol. The fourth-order valence-electron chi connectivity index (χ4n) is 2.64. The maximum atomic E-state index is 12.9. The largest absolute Gasteiger partial charge is 0.327 e. The molecule has 1 aromatic carbocycles. The fraction of sp³-hybridized carbons (Fsp3) is 0.533. The normalized spacial score (nSPS) is 19.9. The van der Waals surface area contributed by atoms with Crippen molar-refractivity contribution in [3.05, 3.63) is 30.1 Å². The van der Waals surface area contributed by atoms with Gasteiger partial charge in [-0.2, -0.15) is 0 Å². The second-order valence-corrected chi connectivity index (χ2v) is 5.25. The average molecular weight is 279 g/mol. The predicted octanol–water partition coefficient (Wildman–Crippen LogP) is 1.60. The third-order valence-electron chi connectivity index (χ3n) is 3.66. The van der Waals surface area contributed by atoms with Gasteiger partial charge in [0.25, 0.3) is 0 Å². The first kappa shape index (κ1) is 14.9. The van der Waals surface area contributed by atoms with Gasteiger partial charge in [0, 0.05) is 24.8 Å². The Labute approximate surface area is 119 Å². The van der Waals surface area contributed by atoms with Crippen molar-refractivity contribution < 1.29 is 9.18 Å². The van der Waals surface area contributed by atoms with Crippen molar-refractivity contribution in [1.29, 1.82) is 0 Å². The fourth-order valence-corrected chi connectivity index (χ4v) is 2.64. The topological polar surface area (TPSA) is 49.6 Å². The number of carbonyl (C=O) groups excluding carboxylic acids is 1. The quantitative estimate of drug-likeness (QED) is 0.911. The highest BCUT2D eigenvalue weighted by molar-refractivity contribution is 5.94. The van der Waals surface area contributed by atoms with Crippen LogP contribution in [0, 0.1) is 5.82 Å². The van der Waals surface area contributed by atoms with Gasteiger partial charge >= 0.3 is 0 Å². The second-order valence-electron chi connectivity index (χ2n) is 5.25. The third kappa shape index (κ3) is 3.77. The minimum Gasteiger partial charge on any atom is -0.327 e. The summed E-state index contributed by atoms with van der Waals surface area (Å²) in [6.45, 7) is 4.56. The number of hydrogen-bond acceptors (Lipinski definition) is 3. The van der Waals surface area contributed by atoms with Gasteiger partial charge in [-0.25, -0.2) is 4.39 Å². The highest BCUT2D eigenvalue weighted by Crippen LogP contribution is 2.16. The number of halogens is 1. The smallest absolute Gasteiger partial charge is 0.241 e. The lowest BCUT2D eigenvalue weighted by Gasteiger charge is -2.32. The van der Waals surface area contributed by atoms with Gasteiger partial charge in [0.05, 0.1) is 6.54 Å². The van der Waals surface area contributed by atoms with E-state index < -0.39 is 0 Å². The summed E-state index contributed by atoms with van der Waals surface area (Å²) in [6, 6.07) is 6.19. The number of rotatable bonds is 4. The van der Waals surface area contributed by atoms with Crippen molar-refractivity contribution in [2.75, 3.05) is 31.1 Å². The van der Waals surface area contributed by atoms with Crippen LogP contribution in [0.3, 0.4) is 0 Å².